The highest BCUT2D eigenvalue weighted by molar-refractivity contribution is 6.31. The van der Waals surface area contributed by atoms with Crippen molar-refractivity contribution in [3.63, 3.8) is 0 Å². The smallest absolute Gasteiger partial charge is 0.336 e. The molecule has 5 nitrogen and oxygen atoms in total. The van der Waals surface area contributed by atoms with Gasteiger partial charge in [-0.1, -0.05) is 47.5 Å². The maximum atomic E-state index is 11.3. The lowest BCUT2D eigenvalue weighted by Crippen LogP contribution is -2.06. The largest absolute Gasteiger partial charge is 0.493 e. The zero-order valence-corrected chi connectivity index (χ0v) is 17.9. The van der Waals surface area contributed by atoms with Crippen LogP contribution in [-0.2, 0) is 13.2 Å². The Bertz CT molecular complexity index is 1050. The number of benzene rings is 3. The monoisotopic (exact) mass is 425 g/mol. The summed E-state index contributed by atoms with van der Waals surface area (Å²) in [6.45, 7) is 4.64. The van der Waals surface area contributed by atoms with Crippen LogP contribution in [0.5, 0.6) is 11.5 Å². The van der Waals surface area contributed by atoms with Gasteiger partial charge in [0.1, 0.15) is 6.61 Å². The standard InChI is InChI=1S/C24H24ClNO4/c1-15-7-9-17(10-8-15)14-30-23-12-20(25)18(11-22(23)29-3)13-26-21-6-4-5-19(16(21)2)24(27)28/h4-12,26H,13-14H2,1-3H3,(H,27,28). The number of carboxylic acid groups (broad SMARTS) is 1. The van der Waals surface area contributed by atoms with E-state index in [0.29, 0.717) is 35.2 Å². The van der Waals surface area contributed by atoms with Crippen molar-refractivity contribution in [1.29, 1.82) is 0 Å². The van der Waals surface area contributed by atoms with E-state index in [-0.39, 0.29) is 5.56 Å². The molecule has 0 amide bonds. The Balaban J connectivity index is 1.74. The fourth-order valence-electron chi connectivity index (χ4n) is 3.08. The first-order chi connectivity index (χ1) is 14.4. The van der Waals surface area contributed by atoms with Gasteiger partial charge in [0.2, 0.25) is 0 Å². The van der Waals surface area contributed by atoms with E-state index in [1.165, 1.54) is 5.56 Å². The number of ether oxygens (including phenoxy) is 2. The first-order valence-electron chi connectivity index (χ1n) is 9.50. The van der Waals surface area contributed by atoms with Crippen LogP contribution in [0.25, 0.3) is 0 Å². The first-order valence-corrected chi connectivity index (χ1v) is 9.88. The van der Waals surface area contributed by atoms with Gasteiger partial charge in [-0.3, -0.25) is 0 Å². The summed E-state index contributed by atoms with van der Waals surface area (Å²) in [5.41, 5.74) is 4.74. The Kier molecular flexibility index (Phi) is 6.85. The molecule has 6 heteroatoms. The molecule has 0 heterocycles. The van der Waals surface area contributed by atoms with Crippen LogP contribution in [0, 0.1) is 13.8 Å². The lowest BCUT2D eigenvalue weighted by atomic mass is 10.1. The molecule has 0 atom stereocenters. The van der Waals surface area contributed by atoms with Crippen molar-refractivity contribution in [1.82, 2.24) is 0 Å². The van der Waals surface area contributed by atoms with E-state index in [2.05, 4.69) is 5.32 Å². The number of aromatic carboxylic acids is 1. The van der Waals surface area contributed by atoms with Gasteiger partial charge in [0, 0.05) is 23.3 Å². The third-order valence-corrected chi connectivity index (χ3v) is 5.23. The molecule has 0 radical (unpaired) electrons. The normalized spacial score (nSPS) is 10.5. The van der Waals surface area contributed by atoms with Crippen LogP contribution in [0.4, 0.5) is 5.69 Å². The van der Waals surface area contributed by atoms with E-state index in [1.54, 1.807) is 32.2 Å². The molecule has 3 aromatic carbocycles. The molecule has 0 fully saturated rings. The number of anilines is 1. The molecule has 30 heavy (non-hydrogen) atoms. The second-order valence-corrected chi connectivity index (χ2v) is 7.41. The molecule has 2 N–H and O–H groups in total. The number of carboxylic acids is 1. The second-order valence-electron chi connectivity index (χ2n) is 7.01. The molecular weight excluding hydrogens is 402 g/mol. The minimum atomic E-state index is -0.953. The van der Waals surface area contributed by atoms with Crippen LogP contribution >= 0.6 is 11.6 Å². The third-order valence-electron chi connectivity index (χ3n) is 4.88. The summed E-state index contributed by atoms with van der Waals surface area (Å²) in [5.74, 6) is 0.195. The summed E-state index contributed by atoms with van der Waals surface area (Å²) < 4.78 is 11.4. The maximum Gasteiger partial charge on any atom is 0.336 e. The van der Waals surface area contributed by atoms with Gasteiger partial charge in [-0.25, -0.2) is 4.79 Å². The second kappa shape index (κ2) is 9.55. The first kappa shape index (κ1) is 21.5. The van der Waals surface area contributed by atoms with Crippen LogP contribution in [0.3, 0.4) is 0 Å². The lowest BCUT2D eigenvalue weighted by Gasteiger charge is -2.16. The molecule has 156 valence electrons. The van der Waals surface area contributed by atoms with Gasteiger partial charge >= 0.3 is 5.97 Å². The van der Waals surface area contributed by atoms with E-state index >= 15 is 0 Å². The van der Waals surface area contributed by atoms with E-state index in [4.69, 9.17) is 21.1 Å². The Hall–Kier alpha value is -3.18. The number of aryl methyl sites for hydroxylation is 1. The summed E-state index contributed by atoms with van der Waals surface area (Å²) in [6.07, 6.45) is 0. The Labute approximate surface area is 181 Å². The highest BCUT2D eigenvalue weighted by Gasteiger charge is 2.13. The number of hydrogen-bond donors (Lipinski definition) is 2. The SMILES string of the molecule is COc1cc(CNc2cccc(C(=O)O)c2C)c(Cl)cc1OCc1ccc(C)cc1. The third kappa shape index (κ3) is 5.05. The van der Waals surface area contributed by atoms with Gasteiger partial charge in [0.05, 0.1) is 12.7 Å². The van der Waals surface area contributed by atoms with Crippen molar-refractivity contribution in [2.24, 2.45) is 0 Å². The molecule has 0 unspecified atom stereocenters. The topological polar surface area (TPSA) is 67.8 Å². The minimum Gasteiger partial charge on any atom is -0.493 e. The summed E-state index contributed by atoms with van der Waals surface area (Å²) in [5, 5.41) is 13.1. The maximum absolute atomic E-state index is 11.3. The van der Waals surface area contributed by atoms with Crippen LogP contribution in [0.15, 0.2) is 54.6 Å². The Morgan fingerprint density at radius 3 is 2.47 bits per heavy atom. The Morgan fingerprint density at radius 2 is 1.80 bits per heavy atom. The predicted molar refractivity (Wildman–Crippen MR) is 119 cm³/mol. The summed E-state index contributed by atoms with van der Waals surface area (Å²) in [7, 11) is 1.58. The summed E-state index contributed by atoms with van der Waals surface area (Å²) >= 11 is 6.48. The predicted octanol–water partition coefficient (Wildman–Crippen LogP) is 5.85. The zero-order valence-electron chi connectivity index (χ0n) is 17.2. The molecule has 0 spiro atoms. The van der Waals surface area contributed by atoms with Crippen molar-refractivity contribution in [2.45, 2.75) is 27.0 Å². The molecule has 0 saturated heterocycles. The van der Waals surface area contributed by atoms with Gasteiger partial charge in [0.25, 0.3) is 0 Å². The van der Waals surface area contributed by atoms with Crippen molar-refractivity contribution in [2.75, 3.05) is 12.4 Å². The van der Waals surface area contributed by atoms with Gasteiger partial charge in [0.15, 0.2) is 11.5 Å². The van der Waals surface area contributed by atoms with E-state index < -0.39 is 5.97 Å². The highest BCUT2D eigenvalue weighted by Crippen LogP contribution is 2.34. The molecule has 3 rings (SSSR count). The van der Waals surface area contributed by atoms with Gasteiger partial charge in [-0.2, -0.15) is 0 Å². The van der Waals surface area contributed by atoms with Crippen LogP contribution in [0.1, 0.15) is 32.6 Å². The number of nitrogens with one attached hydrogen (secondary N) is 1. The van der Waals surface area contributed by atoms with E-state index in [9.17, 15) is 9.90 Å². The fraction of sp³-hybridized carbons (Fsp3) is 0.208. The van der Waals surface area contributed by atoms with Crippen LogP contribution in [0.2, 0.25) is 5.02 Å². The van der Waals surface area contributed by atoms with Crippen LogP contribution in [-0.4, -0.2) is 18.2 Å². The lowest BCUT2D eigenvalue weighted by molar-refractivity contribution is 0.0696. The summed E-state index contributed by atoms with van der Waals surface area (Å²) in [6, 6.07) is 16.8. The van der Waals surface area contributed by atoms with Crippen LogP contribution < -0.4 is 14.8 Å². The summed E-state index contributed by atoms with van der Waals surface area (Å²) in [4.78, 5) is 11.3. The number of halogens is 1. The average molecular weight is 426 g/mol. The highest BCUT2D eigenvalue weighted by atomic mass is 35.5. The molecule has 0 aliphatic carbocycles. The molecule has 0 aromatic heterocycles. The molecule has 0 saturated carbocycles. The average Bonchev–Trinajstić information content (AvgIpc) is 2.73. The molecule has 0 aliphatic heterocycles. The number of hydrogen-bond acceptors (Lipinski definition) is 4. The van der Waals surface area contributed by atoms with Crippen molar-refractivity contribution >= 4 is 23.3 Å². The molecule has 0 bridgehead atoms. The van der Waals surface area contributed by atoms with E-state index in [0.717, 1.165) is 16.8 Å². The quantitative estimate of drug-likeness (QED) is 0.473. The number of carbonyl (C=O) groups is 1. The number of rotatable bonds is 8. The molecule has 0 aliphatic rings. The van der Waals surface area contributed by atoms with Gasteiger partial charge < -0.3 is 19.9 Å². The van der Waals surface area contributed by atoms with Gasteiger partial charge in [-0.05, 0) is 48.7 Å². The zero-order chi connectivity index (χ0) is 21.7. The van der Waals surface area contributed by atoms with Gasteiger partial charge in [-0.15, -0.1) is 0 Å². The van der Waals surface area contributed by atoms with Crippen molar-refractivity contribution < 1.29 is 19.4 Å². The Morgan fingerprint density at radius 1 is 1.07 bits per heavy atom. The minimum absolute atomic E-state index is 0.267. The van der Waals surface area contributed by atoms with Crippen molar-refractivity contribution in [3.05, 3.63) is 87.4 Å². The van der Waals surface area contributed by atoms with Crippen molar-refractivity contribution in [3.8, 4) is 11.5 Å². The number of methoxy groups -OCH3 is 1. The fourth-order valence-corrected chi connectivity index (χ4v) is 3.30. The molecular formula is C24H24ClNO4. The van der Waals surface area contributed by atoms with E-state index in [1.807, 2.05) is 43.3 Å². The molecule has 3 aromatic rings.